The molecule has 0 saturated heterocycles. The van der Waals surface area contributed by atoms with Crippen LogP contribution in [0.25, 0.3) is 11.3 Å². The van der Waals surface area contributed by atoms with Gasteiger partial charge in [-0.15, -0.1) is 11.3 Å². The predicted octanol–water partition coefficient (Wildman–Crippen LogP) is 6.08. The Morgan fingerprint density at radius 3 is 2.46 bits per heavy atom. The van der Waals surface area contributed by atoms with E-state index in [9.17, 15) is 4.39 Å². The summed E-state index contributed by atoms with van der Waals surface area (Å²) in [6.07, 6.45) is 0.655. The third-order valence-electron chi connectivity index (χ3n) is 6.11. The quantitative estimate of drug-likeness (QED) is 0.341. The fourth-order valence-corrected chi connectivity index (χ4v) is 5.13. The minimum absolute atomic E-state index is 0.0826. The molecule has 2 aliphatic rings. The summed E-state index contributed by atoms with van der Waals surface area (Å²) in [5.74, 6) is 2.02. The number of hydrazone groups is 1. The van der Waals surface area contributed by atoms with E-state index in [1.165, 1.54) is 23.5 Å². The van der Waals surface area contributed by atoms with Crippen LogP contribution in [-0.4, -0.2) is 31.0 Å². The largest absolute Gasteiger partial charge is 0.497 e. The van der Waals surface area contributed by atoms with Gasteiger partial charge >= 0.3 is 0 Å². The van der Waals surface area contributed by atoms with Crippen molar-refractivity contribution in [2.75, 3.05) is 25.3 Å². The summed E-state index contributed by atoms with van der Waals surface area (Å²) in [6, 6.07) is 20.2. The van der Waals surface area contributed by atoms with Crippen molar-refractivity contribution in [2.24, 2.45) is 5.10 Å². The molecule has 0 fully saturated rings. The average molecular weight is 488 g/mol. The summed E-state index contributed by atoms with van der Waals surface area (Å²) in [4.78, 5) is 4.90. The second-order valence-corrected chi connectivity index (χ2v) is 9.10. The molecule has 0 bridgehead atoms. The molecule has 6 rings (SSSR count). The first-order valence-corrected chi connectivity index (χ1v) is 12.2. The summed E-state index contributed by atoms with van der Waals surface area (Å²) in [6.45, 7) is 1.08. The lowest BCUT2D eigenvalue weighted by Crippen LogP contribution is -2.20. The van der Waals surface area contributed by atoms with E-state index in [2.05, 4.69) is 0 Å². The van der Waals surface area contributed by atoms with Crippen LogP contribution < -0.4 is 19.2 Å². The maximum absolute atomic E-state index is 13.5. The van der Waals surface area contributed by atoms with Crippen LogP contribution in [0, 0.1) is 5.82 Å². The van der Waals surface area contributed by atoms with E-state index in [0.717, 1.165) is 50.5 Å². The van der Waals surface area contributed by atoms with Gasteiger partial charge in [-0.2, -0.15) is 5.10 Å². The van der Waals surface area contributed by atoms with Crippen molar-refractivity contribution in [2.45, 2.75) is 12.5 Å². The lowest BCUT2D eigenvalue weighted by Gasteiger charge is -2.24. The highest BCUT2D eigenvalue weighted by molar-refractivity contribution is 7.14. The molecule has 3 heterocycles. The van der Waals surface area contributed by atoms with Crippen LogP contribution in [0.5, 0.6) is 17.2 Å². The molecule has 1 aromatic heterocycles. The number of hydrogen-bond acceptors (Lipinski definition) is 7. The van der Waals surface area contributed by atoms with Crippen LogP contribution >= 0.6 is 11.3 Å². The van der Waals surface area contributed by atoms with Gasteiger partial charge in [0.15, 0.2) is 11.5 Å². The molecule has 0 radical (unpaired) electrons. The van der Waals surface area contributed by atoms with Crippen molar-refractivity contribution >= 4 is 22.2 Å². The lowest BCUT2D eigenvalue weighted by atomic mass is 9.98. The van der Waals surface area contributed by atoms with Gasteiger partial charge in [-0.1, -0.05) is 18.2 Å². The molecule has 0 amide bonds. The number of rotatable bonds is 5. The zero-order valence-corrected chi connectivity index (χ0v) is 19.8. The minimum atomic E-state index is -0.267. The van der Waals surface area contributed by atoms with Gasteiger partial charge in [0, 0.05) is 17.4 Å². The standard InChI is InChI=1S/C27H22FN3O3S/c1-32-21-9-4-18(5-10-21)23-16-35-27(29-23)31-24(15-22(30-31)17-2-7-20(28)8-3-17)19-6-11-25-26(14-19)34-13-12-33-25/h2-11,14,16,24H,12-13,15H2,1H3. The van der Waals surface area contributed by atoms with Gasteiger partial charge < -0.3 is 14.2 Å². The molecule has 0 saturated carbocycles. The maximum atomic E-state index is 13.5. The SMILES string of the molecule is COc1ccc(-c2csc(N3N=C(c4ccc(F)cc4)CC3c3ccc4c(c3)OCCO4)n2)cc1. The van der Waals surface area contributed by atoms with Gasteiger partial charge in [-0.25, -0.2) is 14.4 Å². The maximum Gasteiger partial charge on any atom is 0.207 e. The summed E-state index contributed by atoms with van der Waals surface area (Å²) in [5.41, 5.74) is 4.70. The Bertz CT molecular complexity index is 1390. The van der Waals surface area contributed by atoms with Crippen LogP contribution in [0.3, 0.4) is 0 Å². The highest BCUT2D eigenvalue weighted by atomic mass is 32.1. The van der Waals surface area contributed by atoms with E-state index in [1.54, 1.807) is 19.2 Å². The lowest BCUT2D eigenvalue weighted by molar-refractivity contribution is 0.171. The van der Waals surface area contributed by atoms with Gasteiger partial charge in [0.25, 0.3) is 0 Å². The van der Waals surface area contributed by atoms with Crippen LogP contribution in [0.1, 0.15) is 23.6 Å². The van der Waals surface area contributed by atoms with Crippen LogP contribution in [0.4, 0.5) is 9.52 Å². The smallest absolute Gasteiger partial charge is 0.207 e. The van der Waals surface area contributed by atoms with Crippen LogP contribution in [0.15, 0.2) is 77.2 Å². The molecular weight excluding hydrogens is 465 g/mol. The first-order chi connectivity index (χ1) is 17.2. The van der Waals surface area contributed by atoms with Crippen molar-refractivity contribution < 1.29 is 18.6 Å². The summed E-state index contributed by atoms with van der Waals surface area (Å²) < 4.78 is 30.3. The fraction of sp³-hybridized carbons (Fsp3) is 0.185. The van der Waals surface area contributed by atoms with Gasteiger partial charge in [0.2, 0.25) is 5.13 Å². The van der Waals surface area contributed by atoms with Gasteiger partial charge in [-0.3, -0.25) is 0 Å². The highest BCUT2D eigenvalue weighted by Gasteiger charge is 2.32. The van der Waals surface area contributed by atoms with Crippen LogP contribution in [0.2, 0.25) is 0 Å². The number of benzene rings is 3. The number of anilines is 1. The van der Waals surface area contributed by atoms with E-state index in [1.807, 2.05) is 52.9 Å². The van der Waals surface area contributed by atoms with E-state index in [0.29, 0.717) is 19.6 Å². The third-order valence-corrected chi connectivity index (χ3v) is 6.94. The normalized spacial score (nSPS) is 16.8. The molecule has 2 aliphatic heterocycles. The third kappa shape index (κ3) is 4.21. The second kappa shape index (κ2) is 9.03. The number of nitrogens with zero attached hydrogens (tertiary/aromatic N) is 3. The Morgan fingerprint density at radius 2 is 1.69 bits per heavy atom. The number of fused-ring (bicyclic) bond motifs is 1. The molecule has 8 heteroatoms. The van der Waals surface area contributed by atoms with Crippen LogP contribution in [-0.2, 0) is 0 Å². The fourth-order valence-electron chi connectivity index (χ4n) is 4.29. The van der Waals surface area contributed by atoms with E-state index in [-0.39, 0.29) is 11.9 Å². The summed E-state index contributed by atoms with van der Waals surface area (Å²) in [5, 5.41) is 9.72. The number of methoxy groups -OCH3 is 1. The Hall–Kier alpha value is -3.91. The van der Waals surface area contributed by atoms with E-state index in [4.69, 9.17) is 24.3 Å². The molecule has 6 nitrogen and oxygen atoms in total. The Labute approximate surface area is 206 Å². The highest BCUT2D eigenvalue weighted by Crippen LogP contribution is 2.42. The molecular formula is C27H22FN3O3S. The van der Waals surface area contributed by atoms with Gasteiger partial charge in [0.1, 0.15) is 24.8 Å². The monoisotopic (exact) mass is 487 g/mol. The van der Waals surface area contributed by atoms with E-state index >= 15 is 0 Å². The van der Waals surface area contributed by atoms with Gasteiger partial charge in [-0.05, 0) is 59.7 Å². The predicted molar refractivity (Wildman–Crippen MR) is 134 cm³/mol. The number of halogens is 1. The average Bonchev–Trinajstić information content (AvgIpc) is 3.57. The number of hydrogen-bond donors (Lipinski definition) is 0. The van der Waals surface area contributed by atoms with Crippen molar-refractivity contribution in [3.63, 3.8) is 0 Å². The molecule has 1 atom stereocenters. The molecule has 0 N–H and O–H groups in total. The first kappa shape index (κ1) is 21.6. The van der Waals surface area contributed by atoms with Crippen molar-refractivity contribution in [3.8, 4) is 28.5 Å². The molecule has 1 unspecified atom stereocenters. The Morgan fingerprint density at radius 1 is 0.943 bits per heavy atom. The number of ether oxygens (including phenoxy) is 3. The summed E-state index contributed by atoms with van der Waals surface area (Å²) >= 11 is 1.54. The van der Waals surface area contributed by atoms with Crippen molar-refractivity contribution in [3.05, 3.63) is 89.1 Å². The topological polar surface area (TPSA) is 56.2 Å². The first-order valence-electron chi connectivity index (χ1n) is 11.3. The summed E-state index contributed by atoms with van der Waals surface area (Å²) in [7, 11) is 1.65. The molecule has 0 aliphatic carbocycles. The van der Waals surface area contributed by atoms with Crippen molar-refractivity contribution in [1.29, 1.82) is 0 Å². The molecule has 176 valence electrons. The van der Waals surface area contributed by atoms with Gasteiger partial charge in [0.05, 0.1) is 24.6 Å². The zero-order chi connectivity index (χ0) is 23.8. The number of thiazole rings is 1. The molecule has 3 aromatic carbocycles. The Balaban J connectivity index is 1.37. The molecule has 35 heavy (non-hydrogen) atoms. The Kier molecular flexibility index (Phi) is 5.58. The van der Waals surface area contributed by atoms with Crippen molar-refractivity contribution in [1.82, 2.24) is 4.98 Å². The minimum Gasteiger partial charge on any atom is -0.497 e. The zero-order valence-electron chi connectivity index (χ0n) is 19.0. The molecule has 0 spiro atoms. The number of aromatic nitrogens is 1. The second-order valence-electron chi connectivity index (χ2n) is 8.26. The molecule has 4 aromatic rings. The van der Waals surface area contributed by atoms with E-state index < -0.39 is 0 Å².